The van der Waals surface area contributed by atoms with Crippen LogP contribution in [0.3, 0.4) is 0 Å². The van der Waals surface area contributed by atoms with Crippen LogP contribution in [-0.2, 0) is 21.4 Å². The maximum Gasteiger partial charge on any atom is 0.376 e. The molecular weight excluding hydrogens is 567 g/mol. The van der Waals surface area contributed by atoms with Gasteiger partial charge in [-0.25, -0.2) is 4.79 Å². The van der Waals surface area contributed by atoms with Gasteiger partial charge in [0.1, 0.15) is 6.04 Å². The number of piperidine rings is 2. The second-order valence-electron chi connectivity index (χ2n) is 13.4. The van der Waals surface area contributed by atoms with E-state index in [2.05, 4.69) is 27.8 Å². The average molecular weight is 613 g/mol. The molecule has 238 valence electrons. The van der Waals surface area contributed by atoms with Gasteiger partial charge in [0.25, 0.3) is 0 Å². The molecule has 3 aliphatic rings. The fraction of sp³-hybridized carbons (Fsp3) is 0.500. The summed E-state index contributed by atoms with van der Waals surface area (Å²) < 4.78 is 0. The van der Waals surface area contributed by atoms with Crippen molar-refractivity contribution in [1.82, 2.24) is 30.2 Å². The molecule has 3 atom stereocenters. The van der Waals surface area contributed by atoms with E-state index < -0.39 is 13.1 Å². The van der Waals surface area contributed by atoms with Crippen LogP contribution in [0.1, 0.15) is 54.7 Å². The number of fused-ring (bicyclic) bond motifs is 3. The molecule has 4 amide bonds. The normalized spacial score (nSPS) is 21.7. The summed E-state index contributed by atoms with van der Waals surface area (Å²) in [5.41, 5.74) is 4.18. The van der Waals surface area contributed by atoms with Crippen molar-refractivity contribution in [2.75, 3.05) is 40.3 Å². The quantitative estimate of drug-likeness (QED) is 0.306. The molecule has 45 heavy (non-hydrogen) atoms. The maximum atomic E-state index is 14.2. The molecule has 1 spiro atoms. The molecule has 0 radical (unpaired) electrons. The SMILES string of the molecule is CB(O)N1CCCC(NC(=O)NC(Cc2c[nH]c3ccccc23)C(=O)N2CCC3(CC2)C[C@H](C(=O)N(C)C)c2ccccc23)C1. The lowest BCUT2D eigenvalue weighted by molar-refractivity contribution is -0.135. The molecule has 3 aromatic rings. The number of para-hydroxylation sites is 1. The minimum atomic E-state index is -0.742. The number of carbonyl (C=O) groups excluding carboxylic acids is 3. The summed E-state index contributed by atoms with van der Waals surface area (Å²) in [6.07, 6.45) is 6.30. The van der Waals surface area contributed by atoms with E-state index in [1.807, 2.05) is 66.4 Å². The summed E-state index contributed by atoms with van der Waals surface area (Å²) in [5.74, 6) is -0.129. The van der Waals surface area contributed by atoms with Crippen molar-refractivity contribution in [2.24, 2.45) is 0 Å². The third-order valence-electron chi connectivity index (χ3n) is 10.3. The van der Waals surface area contributed by atoms with Gasteiger partial charge in [0, 0.05) is 68.7 Å². The zero-order valence-corrected chi connectivity index (χ0v) is 26.6. The first-order valence-electron chi connectivity index (χ1n) is 16.3. The van der Waals surface area contributed by atoms with E-state index in [1.165, 1.54) is 5.56 Å². The van der Waals surface area contributed by atoms with Crippen LogP contribution in [0.25, 0.3) is 10.9 Å². The van der Waals surface area contributed by atoms with E-state index in [-0.39, 0.29) is 35.2 Å². The number of urea groups is 1. The van der Waals surface area contributed by atoms with Crippen LogP contribution >= 0.6 is 0 Å². The highest BCUT2D eigenvalue weighted by molar-refractivity contribution is 6.45. The van der Waals surface area contributed by atoms with E-state index in [1.54, 1.807) is 11.7 Å². The van der Waals surface area contributed by atoms with E-state index in [0.717, 1.165) is 60.7 Å². The Morgan fingerprint density at radius 3 is 2.58 bits per heavy atom. The molecule has 0 bridgehead atoms. The van der Waals surface area contributed by atoms with Crippen LogP contribution in [0.2, 0.25) is 6.82 Å². The second-order valence-corrected chi connectivity index (χ2v) is 13.4. The Labute approximate surface area is 265 Å². The molecular formula is C34H45BN6O4. The first-order chi connectivity index (χ1) is 21.6. The van der Waals surface area contributed by atoms with Crippen LogP contribution in [0.15, 0.2) is 54.7 Å². The van der Waals surface area contributed by atoms with Gasteiger partial charge in [0.15, 0.2) is 0 Å². The Morgan fingerprint density at radius 1 is 1.09 bits per heavy atom. The number of nitrogens with one attached hydrogen (secondary N) is 3. The number of hydrogen-bond donors (Lipinski definition) is 4. The van der Waals surface area contributed by atoms with Crippen molar-refractivity contribution in [3.05, 3.63) is 71.4 Å². The molecule has 6 rings (SSSR count). The lowest BCUT2D eigenvalue weighted by atomic mass is 9.73. The van der Waals surface area contributed by atoms with Crippen LogP contribution in [0.5, 0.6) is 0 Å². The monoisotopic (exact) mass is 612 g/mol. The smallest absolute Gasteiger partial charge is 0.376 e. The minimum Gasteiger partial charge on any atom is -0.437 e. The minimum absolute atomic E-state index is 0.0910. The Morgan fingerprint density at radius 2 is 1.82 bits per heavy atom. The summed E-state index contributed by atoms with van der Waals surface area (Å²) in [6.45, 7) is 4.24. The molecule has 3 heterocycles. The number of aromatic nitrogens is 1. The fourth-order valence-corrected chi connectivity index (χ4v) is 7.84. The molecule has 2 fully saturated rings. The highest BCUT2D eigenvalue weighted by atomic mass is 16.2. The number of carbonyl (C=O) groups is 3. The lowest BCUT2D eigenvalue weighted by Gasteiger charge is -2.41. The third-order valence-corrected chi connectivity index (χ3v) is 10.3. The topological polar surface area (TPSA) is 121 Å². The van der Waals surface area contributed by atoms with Gasteiger partial charge in [0.05, 0.1) is 5.92 Å². The van der Waals surface area contributed by atoms with E-state index in [4.69, 9.17) is 0 Å². The predicted octanol–water partition coefficient (Wildman–Crippen LogP) is 3.09. The van der Waals surface area contributed by atoms with Gasteiger partial charge in [-0.15, -0.1) is 0 Å². The number of likely N-dealkylation sites (tertiary alicyclic amines) is 1. The van der Waals surface area contributed by atoms with Crippen molar-refractivity contribution >= 4 is 35.8 Å². The highest BCUT2D eigenvalue weighted by Crippen LogP contribution is 2.52. The third kappa shape index (κ3) is 6.33. The highest BCUT2D eigenvalue weighted by Gasteiger charge is 2.48. The van der Waals surface area contributed by atoms with Crippen molar-refractivity contribution < 1.29 is 19.4 Å². The van der Waals surface area contributed by atoms with Crippen LogP contribution < -0.4 is 10.6 Å². The maximum absolute atomic E-state index is 14.2. The van der Waals surface area contributed by atoms with Gasteiger partial charge in [-0.1, -0.05) is 42.5 Å². The number of nitrogens with zero attached hydrogens (tertiary/aromatic N) is 3. The van der Waals surface area contributed by atoms with Crippen molar-refractivity contribution in [3.63, 3.8) is 0 Å². The van der Waals surface area contributed by atoms with Crippen LogP contribution in [-0.4, -0.2) is 102 Å². The number of benzene rings is 2. The number of aromatic amines is 1. The van der Waals surface area contributed by atoms with Gasteiger partial charge in [-0.05, 0) is 68.2 Å². The molecule has 1 aromatic heterocycles. The fourth-order valence-electron chi connectivity index (χ4n) is 7.84. The zero-order valence-electron chi connectivity index (χ0n) is 26.6. The van der Waals surface area contributed by atoms with Crippen molar-refractivity contribution in [2.45, 2.75) is 68.8 Å². The van der Waals surface area contributed by atoms with E-state index >= 15 is 0 Å². The van der Waals surface area contributed by atoms with E-state index in [9.17, 15) is 19.4 Å². The summed E-state index contributed by atoms with van der Waals surface area (Å²) in [6, 6.07) is 15.1. The molecule has 1 aliphatic carbocycles. The molecule has 11 heteroatoms. The van der Waals surface area contributed by atoms with Gasteiger partial charge in [-0.3, -0.25) is 9.59 Å². The zero-order chi connectivity index (χ0) is 31.7. The number of likely N-dealkylation sites (N-methyl/N-ethyl adjacent to an activating group) is 1. The summed E-state index contributed by atoms with van der Waals surface area (Å²) in [7, 11) is 3.05. The Balaban J connectivity index is 1.18. The lowest BCUT2D eigenvalue weighted by Crippen LogP contribution is -2.58. The number of hydrogen-bond acceptors (Lipinski definition) is 5. The standard InChI is InChI=1S/C34H45BN6O4/c1-35(45)41-16-8-9-24(22-41)37-33(44)38-30(19-23-21-36-29-13-7-5-10-25(23)29)32(43)40-17-14-34(15-18-40)20-27(31(42)39(2)3)26-11-4-6-12-28(26)34/h4-7,10-13,21,24,27,30,36,45H,8-9,14-20,22H2,1-3H3,(H2,37,38,44)/t24?,27-,30?/m0/s1. The number of H-pyrrole nitrogens is 1. The first-order valence-corrected chi connectivity index (χ1v) is 16.3. The Hall–Kier alpha value is -3.83. The van der Waals surface area contributed by atoms with Gasteiger partial charge in [0.2, 0.25) is 11.8 Å². The summed E-state index contributed by atoms with van der Waals surface area (Å²) >= 11 is 0. The largest absolute Gasteiger partial charge is 0.437 e. The molecule has 4 N–H and O–H groups in total. The summed E-state index contributed by atoms with van der Waals surface area (Å²) in [5, 5.41) is 17.2. The van der Waals surface area contributed by atoms with Gasteiger partial charge >= 0.3 is 13.1 Å². The molecule has 2 unspecified atom stereocenters. The van der Waals surface area contributed by atoms with Gasteiger partial charge < -0.3 is 35.3 Å². The van der Waals surface area contributed by atoms with Crippen molar-refractivity contribution in [3.8, 4) is 0 Å². The molecule has 2 saturated heterocycles. The molecule has 10 nitrogen and oxygen atoms in total. The number of rotatable bonds is 7. The van der Waals surface area contributed by atoms with Crippen LogP contribution in [0, 0.1) is 0 Å². The summed E-state index contributed by atoms with van der Waals surface area (Å²) in [4.78, 5) is 49.5. The molecule has 2 aliphatic heterocycles. The van der Waals surface area contributed by atoms with Gasteiger partial charge in [-0.2, -0.15) is 0 Å². The average Bonchev–Trinajstić information content (AvgIpc) is 3.59. The predicted molar refractivity (Wildman–Crippen MR) is 176 cm³/mol. The first kappa shape index (κ1) is 31.2. The Kier molecular flexibility index (Phi) is 8.92. The van der Waals surface area contributed by atoms with E-state index in [0.29, 0.717) is 26.1 Å². The second kappa shape index (κ2) is 12.9. The number of amides is 4. The molecule has 0 saturated carbocycles. The Bertz CT molecular complexity index is 1550. The van der Waals surface area contributed by atoms with Crippen molar-refractivity contribution in [1.29, 1.82) is 0 Å². The molecule has 2 aromatic carbocycles. The van der Waals surface area contributed by atoms with Crippen LogP contribution in [0.4, 0.5) is 4.79 Å².